The molecule has 1 fully saturated rings. The maximum atomic E-state index is 5.38. The molecule has 0 aliphatic carbocycles. The van der Waals surface area contributed by atoms with E-state index in [9.17, 15) is 0 Å². The molecule has 14 heavy (non-hydrogen) atoms. The minimum absolute atomic E-state index is 0.00728. The molecule has 0 spiro atoms. The van der Waals surface area contributed by atoms with Crippen molar-refractivity contribution in [1.82, 2.24) is 0 Å². The molecule has 2 N–H and O–H groups in total. The summed E-state index contributed by atoms with van der Waals surface area (Å²) in [6, 6.07) is 0. The van der Waals surface area contributed by atoms with Gasteiger partial charge in [0, 0.05) is 0 Å². The molecular formula is C9H15NO3S. The van der Waals surface area contributed by atoms with E-state index in [4.69, 9.17) is 19.9 Å². The van der Waals surface area contributed by atoms with E-state index in [1.54, 1.807) is 0 Å². The van der Waals surface area contributed by atoms with E-state index in [-0.39, 0.29) is 6.10 Å². The standard InChI is InChI=1S/C9H15NO3S/c1-7(10)14-8(2)13-6-9-5-11-3-4-12-9/h9H,1-6,10H2/t9-/m1/s1. The van der Waals surface area contributed by atoms with Crippen LogP contribution in [0.25, 0.3) is 0 Å². The van der Waals surface area contributed by atoms with Crippen molar-refractivity contribution in [2.24, 2.45) is 5.73 Å². The van der Waals surface area contributed by atoms with E-state index >= 15 is 0 Å². The van der Waals surface area contributed by atoms with Crippen LogP contribution in [0.3, 0.4) is 0 Å². The van der Waals surface area contributed by atoms with E-state index in [1.807, 2.05) is 0 Å². The lowest BCUT2D eigenvalue weighted by atomic mass is 10.4. The Morgan fingerprint density at radius 3 is 2.86 bits per heavy atom. The topological polar surface area (TPSA) is 53.7 Å². The second-order valence-corrected chi connectivity index (χ2v) is 4.00. The molecule has 4 nitrogen and oxygen atoms in total. The fraction of sp³-hybridized carbons (Fsp3) is 0.556. The zero-order valence-corrected chi connectivity index (χ0v) is 8.85. The summed E-state index contributed by atoms with van der Waals surface area (Å²) in [4.78, 5) is 0. The number of rotatable bonds is 5. The summed E-state index contributed by atoms with van der Waals surface area (Å²) in [7, 11) is 0. The summed E-state index contributed by atoms with van der Waals surface area (Å²) in [5, 5.41) is 1.00. The predicted octanol–water partition coefficient (Wildman–Crippen LogP) is 1.05. The van der Waals surface area contributed by atoms with Gasteiger partial charge in [0.1, 0.15) is 12.7 Å². The van der Waals surface area contributed by atoms with Crippen LogP contribution in [-0.2, 0) is 14.2 Å². The number of hydrogen-bond donors (Lipinski definition) is 1. The highest BCUT2D eigenvalue weighted by molar-refractivity contribution is 8.06. The second kappa shape index (κ2) is 5.95. The lowest BCUT2D eigenvalue weighted by molar-refractivity contribution is -0.107. The zero-order chi connectivity index (χ0) is 10.4. The van der Waals surface area contributed by atoms with Crippen molar-refractivity contribution in [2.45, 2.75) is 6.10 Å². The first-order chi connectivity index (χ1) is 6.68. The van der Waals surface area contributed by atoms with E-state index in [0.717, 1.165) is 0 Å². The highest BCUT2D eigenvalue weighted by Gasteiger charge is 2.15. The Morgan fingerprint density at radius 1 is 1.50 bits per heavy atom. The third-order valence-electron chi connectivity index (χ3n) is 1.56. The largest absolute Gasteiger partial charge is 0.485 e. The summed E-state index contributed by atoms with van der Waals surface area (Å²) in [6.45, 7) is 9.51. The van der Waals surface area contributed by atoms with Crippen molar-refractivity contribution in [2.75, 3.05) is 26.4 Å². The highest BCUT2D eigenvalue weighted by atomic mass is 32.2. The van der Waals surface area contributed by atoms with Crippen molar-refractivity contribution < 1.29 is 14.2 Å². The van der Waals surface area contributed by atoms with Crippen molar-refractivity contribution in [3.05, 3.63) is 23.3 Å². The number of thioether (sulfide) groups is 1. The molecule has 1 rings (SSSR count). The Kier molecular flexibility index (Phi) is 4.86. The van der Waals surface area contributed by atoms with Gasteiger partial charge >= 0.3 is 0 Å². The monoisotopic (exact) mass is 217 g/mol. The van der Waals surface area contributed by atoms with Crippen LogP contribution in [0.15, 0.2) is 23.3 Å². The second-order valence-electron chi connectivity index (χ2n) is 2.82. The molecule has 80 valence electrons. The van der Waals surface area contributed by atoms with Gasteiger partial charge in [-0.15, -0.1) is 0 Å². The van der Waals surface area contributed by atoms with Gasteiger partial charge in [-0.05, 0) is 18.3 Å². The van der Waals surface area contributed by atoms with Gasteiger partial charge in [0.05, 0.1) is 24.8 Å². The molecule has 0 bridgehead atoms. The first kappa shape index (κ1) is 11.4. The smallest absolute Gasteiger partial charge is 0.152 e. The minimum atomic E-state index is -0.00728. The quantitative estimate of drug-likeness (QED) is 0.698. The molecule has 5 heteroatoms. The number of ether oxygens (including phenoxy) is 3. The first-order valence-electron chi connectivity index (χ1n) is 4.32. The van der Waals surface area contributed by atoms with Crippen LogP contribution in [-0.4, -0.2) is 32.5 Å². The van der Waals surface area contributed by atoms with Crippen LogP contribution in [0.4, 0.5) is 0 Å². The summed E-state index contributed by atoms with van der Waals surface area (Å²) in [5.74, 6) is 0. The molecule has 0 amide bonds. The molecule has 0 unspecified atom stereocenters. The van der Waals surface area contributed by atoms with Gasteiger partial charge in [-0.25, -0.2) is 0 Å². The van der Waals surface area contributed by atoms with Crippen LogP contribution in [0, 0.1) is 0 Å². The Hall–Kier alpha value is -0.650. The molecule has 0 aromatic carbocycles. The van der Waals surface area contributed by atoms with Gasteiger partial charge in [-0.3, -0.25) is 0 Å². The van der Waals surface area contributed by atoms with Crippen LogP contribution in [0.2, 0.25) is 0 Å². The predicted molar refractivity (Wildman–Crippen MR) is 56.6 cm³/mol. The Balaban J connectivity index is 2.12. The molecule has 0 aromatic rings. The van der Waals surface area contributed by atoms with Crippen LogP contribution in [0.1, 0.15) is 0 Å². The van der Waals surface area contributed by atoms with Crippen molar-refractivity contribution >= 4 is 11.8 Å². The molecule has 1 atom stereocenters. The highest BCUT2D eigenvalue weighted by Crippen LogP contribution is 2.19. The Bertz CT molecular complexity index is 214. The molecule has 1 heterocycles. The van der Waals surface area contributed by atoms with Crippen molar-refractivity contribution in [3.63, 3.8) is 0 Å². The van der Waals surface area contributed by atoms with E-state index in [1.165, 1.54) is 11.8 Å². The third-order valence-corrected chi connectivity index (χ3v) is 2.17. The summed E-state index contributed by atoms with van der Waals surface area (Å²) in [6.07, 6.45) is -0.00728. The van der Waals surface area contributed by atoms with Gasteiger partial charge in [0.2, 0.25) is 0 Å². The third kappa shape index (κ3) is 4.55. The normalized spacial score (nSPS) is 21.6. The fourth-order valence-corrected chi connectivity index (χ4v) is 1.41. The SMILES string of the molecule is C=C(N)SC(=C)OC[C@H]1COCCO1. The van der Waals surface area contributed by atoms with Gasteiger partial charge < -0.3 is 19.9 Å². The number of nitrogens with two attached hydrogens (primary N) is 1. The van der Waals surface area contributed by atoms with E-state index in [2.05, 4.69) is 13.2 Å². The van der Waals surface area contributed by atoms with E-state index in [0.29, 0.717) is 36.5 Å². The summed E-state index contributed by atoms with van der Waals surface area (Å²) in [5.41, 5.74) is 5.37. The lowest BCUT2D eigenvalue weighted by Gasteiger charge is -2.23. The molecule has 1 aliphatic rings. The lowest BCUT2D eigenvalue weighted by Crippen LogP contribution is -2.32. The molecule has 0 saturated carbocycles. The van der Waals surface area contributed by atoms with Gasteiger partial charge in [0.15, 0.2) is 5.09 Å². The van der Waals surface area contributed by atoms with Gasteiger partial charge in [-0.1, -0.05) is 6.58 Å². The van der Waals surface area contributed by atoms with Crippen molar-refractivity contribution in [3.8, 4) is 0 Å². The average Bonchev–Trinajstić information content (AvgIpc) is 2.15. The maximum absolute atomic E-state index is 5.38. The summed E-state index contributed by atoms with van der Waals surface area (Å²) >= 11 is 1.21. The minimum Gasteiger partial charge on any atom is -0.485 e. The zero-order valence-electron chi connectivity index (χ0n) is 8.03. The van der Waals surface area contributed by atoms with E-state index < -0.39 is 0 Å². The summed E-state index contributed by atoms with van der Waals surface area (Å²) < 4.78 is 15.9. The molecule has 0 aromatic heterocycles. The van der Waals surface area contributed by atoms with Crippen molar-refractivity contribution in [1.29, 1.82) is 0 Å². The van der Waals surface area contributed by atoms with Crippen LogP contribution >= 0.6 is 11.8 Å². The average molecular weight is 217 g/mol. The molecular weight excluding hydrogens is 202 g/mol. The Morgan fingerprint density at radius 2 is 2.29 bits per heavy atom. The molecule has 1 saturated heterocycles. The Labute approximate surface area is 88.1 Å². The first-order valence-corrected chi connectivity index (χ1v) is 5.13. The number of hydrogen-bond acceptors (Lipinski definition) is 5. The molecule has 1 aliphatic heterocycles. The van der Waals surface area contributed by atoms with Crippen LogP contribution < -0.4 is 5.73 Å². The fourth-order valence-electron chi connectivity index (χ4n) is 0.994. The van der Waals surface area contributed by atoms with Gasteiger partial charge in [-0.2, -0.15) is 0 Å². The molecule has 0 radical (unpaired) electrons. The van der Waals surface area contributed by atoms with Crippen LogP contribution in [0.5, 0.6) is 0 Å². The van der Waals surface area contributed by atoms with Gasteiger partial charge in [0.25, 0.3) is 0 Å². The maximum Gasteiger partial charge on any atom is 0.152 e.